The zero-order valence-electron chi connectivity index (χ0n) is 16.7. The molecule has 0 saturated carbocycles. The number of hydrogen-bond donors (Lipinski definition) is 2. The lowest BCUT2D eigenvalue weighted by Crippen LogP contribution is -2.37. The second-order valence-electron chi connectivity index (χ2n) is 6.66. The van der Waals surface area contributed by atoms with Gasteiger partial charge in [0.1, 0.15) is 23.2 Å². The van der Waals surface area contributed by atoms with Gasteiger partial charge in [0.25, 0.3) is 0 Å². The second-order valence-corrected chi connectivity index (χ2v) is 7.07. The van der Waals surface area contributed by atoms with Crippen molar-refractivity contribution in [2.75, 3.05) is 30.5 Å². The van der Waals surface area contributed by atoms with Gasteiger partial charge < -0.3 is 24.8 Å². The average Bonchev–Trinajstić information content (AvgIpc) is 3.22. The molecule has 0 radical (unpaired) electrons. The van der Waals surface area contributed by atoms with E-state index in [0.29, 0.717) is 30.3 Å². The molecule has 2 heterocycles. The van der Waals surface area contributed by atoms with Crippen molar-refractivity contribution in [3.05, 3.63) is 40.5 Å². The SMILES string of the molecule is CCOC(=O)c1cnc(N2CCC[C@@H]2C(=O)O)nc1NCc1ccc(OC)c(Cl)c1. The first-order chi connectivity index (χ1) is 14.4. The van der Waals surface area contributed by atoms with Gasteiger partial charge in [-0.05, 0) is 37.5 Å². The highest BCUT2D eigenvalue weighted by Gasteiger charge is 2.33. The molecule has 9 nitrogen and oxygen atoms in total. The molecule has 1 aromatic heterocycles. The van der Waals surface area contributed by atoms with Gasteiger partial charge in [0.15, 0.2) is 0 Å². The van der Waals surface area contributed by atoms with Crippen molar-refractivity contribution in [3.8, 4) is 5.75 Å². The summed E-state index contributed by atoms with van der Waals surface area (Å²) in [5.74, 6) is -0.404. The van der Waals surface area contributed by atoms with Crippen LogP contribution in [0.1, 0.15) is 35.7 Å². The molecule has 0 unspecified atom stereocenters. The molecule has 2 aromatic rings. The maximum absolute atomic E-state index is 12.3. The van der Waals surface area contributed by atoms with Crippen LogP contribution >= 0.6 is 11.6 Å². The average molecular weight is 435 g/mol. The Morgan fingerprint density at radius 2 is 2.20 bits per heavy atom. The molecule has 1 atom stereocenters. The maximum Gasteiger partial charge on any atom is 0.343 e. The van der Waals surface area contributed by atoms with E-state index in [1.165, 1.54) is 13.3 Å². The molecule has 1 fully saturated rings. The number of carbonyl (C=O) groups excluding carboxylic acids is 1. The van der Waals surface area contributed by atoms with Gasteiger partial charge in [-0.2, -0.15) is 4.98 Å². The van der Waals surface area contributed by atoms with Crippen molar-refractivity contribution in [2.24, 2.45) is 0 Å². The van der Waals surface area contributed by atoms with Crippen LogP contribution in [0.15, 0.2) is 24.4 Å². The number of nitrogens with zero attached hydrogens (tertiary/aromatic N) is 3. The molecule has 2 N–H and O–H groups in total. The van der Waals surface area contributed by atoms with E-state index < -0.39 is 18.0 Å². The molecule has 0 amide bonds. The minimum Gasteiger partial charge on any atom is -0.495 e. The van der Waals surface area contributed by atoms with Crippen molar-refractivity contribution in [1.29, 1.82) is 0 Å². The molecule has 160 valence electrons. The third kappa shape index (κ3) is 4.73. The lowest BCUT2D eigenvalue weighted by Gasteiger charge is -2.22. The van der Waals surface area contributed by atoms with E-state index in [4.69, 9.17) is 21.1 Å². The monoisotopic (exact) mass is 434 g/mol. The molecule has 30 heavy (non-hydrogen) atoms. The van der Waals surface area contributed by atoms with Crippen molar-refractivity contribution in [3.63, 3.8) is 0 Å². The predicted molar refractivity (Wildman–Crippen MR) is 111 cm³/mol. The lowest BCUT2D eigenvalue weighted by atomic mass is 10.2. The molecule has 0 spiro atoms. The summed E-state index contributed by atoms with van der Waals surface area (Å²) in [4.78, 5) is 34.1. The Balaban J connectivity index is 1.88. The van der Waals surface area contributed by atoms with Crippen LogP contribution in [0.25, 0.3) is 0 Å². The minimum absolute atomic E-state index is 0.172. The fourth-order valence-corrected chi connectivity index (χ4v) is 3.55. The predicted octanol–water partition coefficient (Wildman–Crippen LogP) is 2.98. The number of carboxylic acids is 1. The first kappa shape index (κ1) is 21.6. The van der Waals surface area contributed by atoms with Gasteiger partial charge in [-0.25, -0.2) is 14.6 Å². The van der Waals surface area contributed by atoms with E-state index in [2.05, 4.69) is 15.3 Å². The molecule has 1 saturated heterocycles. The number of rotatable bonds is 8. The quantitative estimate of drug-likeness (QED) is 0.605. The number of anilines is 2. The summed E-state index contributed by atoms with van der Waals surface area (Å²) in [5.41, 5.74) is 1.02. The number of aliphatic carboxylic acids is 1. The standard InChI is InChI=1S/C20H23ClN4O5/c1-3-30-19(28)13-11-23-20(25-8-4-5-15(25)18(26)27)24-17(13)22-10-12-6-7-16(29-2)14(21)9-12/h6-7,9,11,15H,3-5,8,10H2,1-2H3,(H,26,27)(H,22,23,24)/t15-/m1/s1. The first-order valence-electron chi connectivity index (χ1n) is 9.54. The Bertz CT molecular complexity index is 939. The molecule has 1 aliphatic heterocycles. The third-order valence-electron chi connectivity index (χ3n) is 4.74. The van der Waals surface area contributed by atoms with E-state index in [-0.39, 0.29) is 23.9 Å². The van der Waals surface area contributed by atoms with Crippen molar-refractivity contribution >= 4 is 35.3 Å². The fourth-order valence-electron chi connectivity index (χ4n) is 3.27. The van der Waals surface area contributed by atoms with Crippen LogP contribution in [0.2, 0.25) is 5.02 Å². The molecule has 0 aliphatic carbocycles. The van der Waals surface area contributed by atoms with Gasteiger partial charge in [-0.15, -0.1) is 0 Å². The van der Waals surface area contributed by atoms with Crippen molar-refractivity contribution in [2.45, 2.75) is 32.4 Å². The Morgan fingerprint density at radius 1 is 1.40 bits per heavy atom. The molecular weight excluding hydrogens is 412 g/mol. The van der Waals surface area contributed by atoms with Crippen LogP contribution in [0.5, 0.6) is 5.75 Å². The van der Waals surface area contributed by atoms with Crippen LogP contribution in [-0.2, 0) is 16.1 Å². The number of aromatic nitrogens is 2. The summed E-state index contributed by atoms with van der Waals surface area (Å²) >= 11 is 6.18. The minimum atomic E-state index is -0.923. The van der Waals surface area contributed by atoms with Crippen LogP contribution in [0.4, 0.5) is 11.8 Å². The van der Waals surface area contributed by atoms with Crippen LogP contribution in [0, 0.1) is 0 Å². The largest absolute Gasteiger partial charge is 0.495 e. The van der Waals surface area contributed by atoms with Crippen molar-refractivity contribution < 1.29 is 24.2 Å². The lowest BCUT2D eigenvalue weighted by molar-refractivity contribution is -0.138. The van der Waals surface area contributed by atoms with Gasteiger partial charge in [-0.3, -0.25) is 0 Å². The first-order valence-corrected chi connectivity index (χ1v) is 9.92. The van der Waals surface area contributed by atoms with E-state index in [9.17, 15) is 14.7 Å². The molecule has 3 rings (SSSR count). The Labute approximate surface area is 179 Å². The number of carboxylic acid groups (broad SMARTS) is 1. The van der Waals surface area contributed by atoms with E-state index >= 15 is 0 Å². The molecule has 10 heteroatoms. The fraction of sp³-hybridized carbons (Fsp3) is 0.400. The molecule has 1 aliphatic rings. The van der Waals surface area contributed by atoms with Crippen molar-refractivity contribution in [1.82, 2.24) is 9.97 Å². The summed E-state index contributed by atoms with van der Waals surface area (Å²) in [7, 11) is 1.54. The normalized spacial score (nSPS) is 15.7. The van der Waals surface area contributed by atoms with Crippen LogP contribution in [-0.4, -0.2) is 53.3 Å². The third-order valence-corrected chi connectivity index (χ3v) is 5.04. The smallest absolute Gasteiger partial charge is 0.343 e. The number of ether oxygens (including phenoxy) is 2. The second kappa shape index (κ2) is 9.62. The van der Waals surface area contributed by atoms with Crippen LogP contribution < -0.4 is 15.0 Å². The number of nitrogens with one attached hydrogen (secondary N) is 1. The summed E-state index contributed by atoms with van der Waals surface area (Å²) in [6, 6.07) is 4.65. The highest BCUT2D eigenvalue weighted by molar-refractivity contribution is 6.32. The highest BCUT2D eigenvalue weighted by atomic mass is 35.5. The molecule has 0 bridgehead atoms. The summed E-state index contributed by atoms with van der Waals surface area (Å²) in [6.07, 6.45) is 2.61. The van der Waals surface area contributed by atoms with E-state index in [1.807, 2.05) is 6.07 Å². The van der Waals surface area contributed by atoms with Gasteiger partial charge in [0.05, 0.1) is 18.7 Å². The number of benzene rings is 1. The van der Waals surface area contributed by atoms with Crippen LogP contribution in [0.3, 0.4) is 0 Å². The molecular formula is C20H23ClN4O5. The van der Waals surface area contributed by atoms with Gasteiger partial charge >= 0.3 is 11.9 Å². The van der Waals surface area contributed by atoms with Gasteiger partial charge in [0, 0.05) is 19.3 Å². The summed E-state index contributed by atoms with van der Waals surface area (Å²) in [5, 5.41) is 13.0. The summed E-state index contributed by atoms with van der Waals surface area (Å²) in [6.45, 7) is 2.78. The topological polar surface area (TPSA) is 114 Å². The number of carbonyl (C=O) groups is 2. The number of methoxy groups -OCH3 is 1. The Hall–Kier alpha value is -3.07. The summed E-state index contributed by atoms with van der Waals surface area (Å²) < 4.78 is 10.2. The maximum atomic E-state index is 12.3. The molecule has 1 aromatic carbocycles. The Kier molecular flexibility index (Phi) is 6.94. The van der Waals surface area contributed by atoms with E-state index in [0.717, 1.165) is 12.0 Å². The number of hydrogen-bond acceptors (Lipinski definition) is 8. The zero-order valence-corrected chi connectivity index (χ0v) is 17.5. The highest BCUT2D eigenvalue weighted by Crippen LogP contribution is 2.27. The zero-order chi connectivity index (χ0) is 21.7. The van der Waals surface area contributed by atoms with Gasteiger partial charge in [-0.1, -0.05) is 17.7 Å². The van der Waals surface area contributed by atoms with Gasteiger partial charge in [0.2, 0.25) is 5.95 Å². The Morgan fingerprint density at radius 3 is 2.87 bits per heavy atom. The number of halogens is 1. The number of esters is 1. The van der Waals surface area contributed by atoms with E-state index in [1.54, 1.807) is 24.0 Å².